The highest BCUT2D eigenvalue weighted by Crippen LogP contribution is 2.10. The Labute approximate surface area is 90.7 Å². The minimum Gasteiger partial charge on any atom is -0.383 e. The van der Waals surface area contributed by atoms with Crippen molar-refractivity contribution in [2.24, 2.45) is 0 Å². The van der Waals surface area contributed by atoms with Crippen molar-refractivity contribution in [1.82, 2.24) is 15.3 Å². The van der Waals surface area contributed by atoms with Crippen LogP contribution in [0.2, 0.25) is 0 Å². The second-order valence-electron chi connectivity index (χ2n) is 2.72. The SMILES string of the molecule is CCNC(=O)CSc1nc(N)cc(=O)[nH]1. The Morgan fingerprint density at radius 1 is 1.73 bits per heavy atom. The zero-order chi connectivity index (χ0) is 11.3. The molecule has 0 saturated carbocycles. The summed E-state index contributed by atoms with van der Waals surface area (Å²) in [5.41, 5.74) is 5.06. The third-order valence-electron chi connectivity index (χ3n) is 1.45. The number of rotatable bonds is 4. The molecular formula is C8H12N4O2S. The number of aromatic nitrogens is 2. The van der Waals surface area contributed by atoms with Crippen molar-refractivity contribution >= 4 is 23.5 Å². The topological polar surface area (TPSA) is 101 Å². The number of aromatic amines is 1. The number of anilines is 1. The second-order valence-corrected chi connectivity index (χ2v) is 3.68. The van der Waals surface area contributed by atoms with Gasteiger partial charge in [-0.15, -0.1) is 0 Å². The molecule has 4 N–H and O–H groups in total. The number of amides is 1. The number of nitrogen functional groups attached to an aromatic ring is 1. The molecule has 0 aromatic carbocycles. The van der Waals surface area contributed by atoms with Crippen molar-refractivity contribution in [3.63, 3.8) is 0 Å². The predicted molar refractivity (Wildman–Crippen MR) is 58.7 cm³/mol. The predicted octanol–water partition coefficient (Wildman–Crippen LogP) is -0.420. The van der Waals surface area contributed by atoms with E-state index in [1.165, 1.54) is 6.07 Å². The van der Waals surface area contributed by atoms with Gasteiger partial charge >= 0.3 is 0 Å². The third-order valence-corrected chi connectivity index (χ3v) is 2.33. The summed E-state index contributed by atoms with van der Waals surface area (Å²) < 4.78 is 0. The van der Waals surface area contributed by atoms with Crippen LogP contribution in [0.1, 0.15) is 6.92 Å². The summed E-state index contributed by atoms with van der Waals surface area (Å²) in [5.74, 6) is 0.255. The number of nitrogens with two attached hydrogens (primary N) is 1. The first-order chi connectivity index (χ1) is 7.11. The van der Waals surface area contributed by atoms with E-state index >= 15 is 0 Å². The fourth-order valence-electron chi connectivity index (χ4n) is 0.904. The maximum absolute atomic E-state index is 11.1. The average molecular weight is 228 g/mol. The molecule has 0 spiro atoms. The number of nitrogens with zero attached hydrogens (tertiary/aromatic N) is 1. The van der Waals surface area contributed by atoms with Crippen LogP contribution < -0.4 is 16.6 Å². The lowest BCUT2D eigenvalue weighted by atomic mass is 10.6. The van der Waals surface area contributed by atoms with Gasteiger partial charge in [-0.1, -0.05) is 11.8 Å². The van der Waals surface area contributed by atoms with Gasteiger partial charge in [0.1, 0.15) is 5.82 Å². The fraction of sp³-hybridized carbons (Fsp3) is 0.375. The van der Waals surface area contributed by atoms with Crippen LogP contribution in [-0.4, -0.2) is 28.2 Å². The van der Waals surface area contributed by atoms with Gasteiger partial charge in [0.2, 0.25) is 5.91 Å². The van der Waals surface area contributed by atoms with Crippen LogP contribution in [0.25, 0.3) is 0 Å². The van der Waals surface area contributed by atoms with Crippen LogP contribution in [0.5, 0.6) is 0 Å². The summed E-state index contributed by atoms with van der Waals surface area (Å²) in [5, 5.41) is 2.99. The number of carbonyl (C=O) groups excluding carboxylic acids is 1. The van der Waals surface area contributed by atoms with Crippen LogP contribution in [0.4, 0.5) is 5.82 Å². The molecule has 0 unspecified atom stereocenters. The van der Waals surface area contributed by atoms with E-state index < -0.39 is 0 Å². The van der Waals surface area contributed by atoms with E-state index in [1.54, 1.807) is 0 Å². The van der Waals surface area contributed by atoms with E-state index in [2.05, 4.69) is 15.3 Å². The van der Waals surface area contributed by atoms with Gasteiger partial charge in [-0.3, -0.25) is 9.59 Å². The van der Waals surface area contributed by atoms with E-state index in [0.29, 0.717) is 11.7 Å². The molecule has 1 aromatic rings. The lowest BCUT2D eigenvalue weighted by Crippen LogP contribution is -2.24. The van der Waals surface area contributed by atoms with Crippen LogP contribution >= 0.6 is 11.8 Å². The molecule has 1 amide bonds. The minimum atomic E-state index is -0.319. The summed E-state index contributed by atoms with van der Waals surface area (Å²) in [4.78, 5) is 28.4. The van der Waals surface area contributed by atoms with Gasteiger partial charge in [0, 0.05) is 12.6 Å². The number of hydrogen-bond donors (Lipinski definition) is 3. The molecule has 6 nitrogen and oxygen atoms in total. The highest BCUT2D eigenvalue weighted by Gasteiger charge is 2.03. The van der Waals surface area contributed by atoms with Crippen LogP contribution in [-0.2, 0) is 4.79 Å². The quantitative estimate of drug-likeness (QED) is 0.480. The van der Waals surface area contributed by atoms with Gasteiger partial charge in [0.25, 0.3) is 5.56 Å². The number of nitrogens with one attached hydrogen (secondary N) is 2. The molecule has 0 atom stereocenters. The van der Waals surface area contributed by atoms with Crippen molar-refractivity contribution in [1.29, 1.82) is 0 Å². The summed E-state index contributed by atoms with van der Waals surface area (Å²) in [6, 6.07) is 1.19. The Morgan fingerprint density at radius 3 is 3.07 bits per heavy atom. The van der Waals surface area contributed by atoms with E-state index in [4.69, 9.17) is 5.73 Å². The molecule has 0 aliphatic carbocycles. The first-order valence-electron chi connectivity index (χ1n) is 4.38. The van der Waals surface area contributed by atoms with E-state index in [9.17, 15) is 9.59 Å². The van der Waals surface area contributed by atoms with Crippen molar-refractivity contribution in [3.05, 3.63) is 16.4 Å². The highest BCUT2D eigenvalue weighted by molar-refractivity contribution is 7.99. The van der Waals surface area contributed by atoms with E-state index in [1.807, 2.05) is 6.92 Å². The Bertz CT molecular complexity index is 404. The monoisotopic (exact) mass is 228 g/mol. The standard InChI is InChI=1S/C8H12N4O2S/c1-2-10-7(14)4-15-8-11-5(9)3-6(13)12-8/h3H,2,4H2,1H3,(H,10,14)(H3,9,11,12,13). The van der Waals surface area contributed by atoms with Crippen LogP contribution in [0.3, 0.4) is 0 Å². The molecule has 0 saturated heterocycles. The summed E-state index contributed by atoms with van der Waals surface area (Å²) in [7, 11) is 0. The zero-order valence-corrected chi connectivity index (χ0v) is 9.06. The third kappa shape index (κ3) is 4.03. The van der Waals surface area contributed by atoms with Crippen molar-refractivity contribution in [3.8, 4) is 0 Å². The lowest BCUT2D eigenvalue weighted by Gasteiger charge is -2.01. The van der Waals surface area contributed by atoms with Crippen molar-refractivity contribution < 1.29 is 4.79 Å². The number of H-pyrrole nitrogens is 1. The van der Waals surface area contributed by atoms with Crippen molar-refractivity contribution in [2.45, 2.75) is 12.1 Å². The highest BCUT2D eigenvalue weighted by atomic mass is 32.2. The molecule has 0 bridgehead atoms. The van der Waals surface area contributed by atoms with Gasteiger partial charge in [0.05, 0.1) is 5.75 Å². The van der Waals surface area contributed by atoms with Gasteiger partial charge in [-0.05, 0) is 6.92 Å². The minimum absolute atomic E-state index is 0.104. The molecule has 0 fully saturated rings. The molecule has 0 aliphatic rings. The van der Waals surface area contributed by atoms with E-state index in [-0.39, 0.29) is 23.0 Å². The Hall–Kier alpha value is -1.50. The molecule has 7 heteroatoms. The maximum atomic E-state index is 11.1. The van der Waals surface area contributed by atoms with Crippen molar-refractivity contribution in [2.75, 3.05) is 18.0 Å². The Morgan fingerprint density at radius 2 is 2.47 bits per heavy atom. The molecule has 1 rings (SSSR count). The second kappa shape index (κ2) is 5.40. The Kier molecular flexibility index (Phi) is 4.17. The number of carbonyl (C=O) groups is 1. The normalized spacial score (nSPS) is 9.93. The maximum Gasteiger partial charge on any atom is 0.253 e. The lowest BCUT2D eigenvalue weighted by molar-refractivity contribution is -0.118. The molecular weight excluding hydrogens is 216 g/mol. The zero-order valence-electron chi connectivity index (χ0n) is 8.24. The molecule has 82 valence electrons. The van der Waals surface area contributed by atoms with Gasteiger partial charge in [-0.2, -0.15) is 0 Å². The average Bonchev–Trinajstić information content (AvgIpc) is 2.14. The number of hydrogen-bond acceptors (Lipinski definition) is 5. The van der Waals surface area contributed by atoms with Gasteiger partial charge in [0.15, 0.2) is 5.16 Å². The van der Waals surface area contributed by atoms with E-state index in [0.717, 1.165) is 11.8 Å². The first kappa shape index (κ1) is 11.6. The summed E-state index contributed by atoms with van der Waals surface area (Å²) >= 11 is 1.14. The molecule has 0 aliphatic heterocycles. The Balaban J connectivity index is 2.58. The number of thioether (sulfide) groups is 1. The fourth-order valence-corrected chi connectivity index (χ4v) is 1.62. The molecule has 1 aromatic heterocycles. The van der Waals surface area contributed by atoms with Gasteiger partial charge < -0.3 is 16.0 Å². The molecule has 15 heavy (non-hydrogen) atoms. The molecule has 0 radical (unpaired) electrons. The largest absolute Gasteiger partial charge is 0.383 e. The van der Waals surface area contributed by atoms with Crippen LogP contribution in [0, 0.1) is 0 Å². The van der Waals surface area contributed by atoms with Crippen LogP contribution in [0.15, 0.2) is 16.0 Å². The summed E-state index contributed by atoms with van der Waals surface area (Å²) in [6.07, 6.45) is 0. The smallest absolute Gasteiger partial charge is 0.253 e. The summed E-state index contributed by atoms with van der Waals surface area (Å²) in [6.45, 7) is 2.42. The van der Waals surface area contributed by atoms with Gasteiger partial charge in [-0.25, -0.2) is 4.98 Å². The molecule has 1 heterocycles. The first-order valence-corrected chi connectivity index (χ1v) is 5.36.